The van der Waals surface area contributed by atoms with Gasteiger partial charge in [-0.3, -0.25) is 0 Å². The molecule has 3 nitrogen and oxygen atoms in total. The molecule has 1 aliphatic rings. The highest BCUT2D eigenvalue weighted by Crippen LogP contribution is 2.24. The number of hydrogen-bond donors (Lipinski definition) is 1. The maximum absolute atomic E-state index is 11.8. The third kappa shape index (κ3) is 3.21. The molecule has 2 unspecified atom stereocenters. The average molecular weight is 274 g/mol. The van der Waals surface area contributed by atoms with E-state index in [0.717, 1.165) is 12.0 Å². The molecule has 0 aromatic heterocycles. The Morgan fingerprint density at radius 3 is 2.82 bits per heavy atom. The van der Waals surface area contributed by atoms with E-state index in [-0.39, 0.29) is 23.6 Å². The summed E-state index contributed by atoms with van der Waals surface area (Å²) in [5, 5.41) is 4.00. The van der Waals surface area contributed by atoms with Gasteiger partial charge in [-0.25, -0.2) is 8.42 Å². The lowest BCUT2D eigenvalue weighted by Gasteiger charge is -2.30. The minimum absolute atomic E-state index is 0.0396. The Balaban J connectivity index is 2.26. The summed E-state index contributed by atoms with van der Waals surface area (Å²) >= 11 is 5.93. The number of rotatable bonds is 2. The molecule has 0 aliphatic carbocycles. The van der Waals surface area contributed by atoms with Crippen molar-refractivity contribution in [3.05, 3.63) is 34.9 Å². The fourth-order valence-electron chi connectivity index (χ4n) is 2.16. The SMILES string of the molecule is CCC1CS(=O)(=O)CC(c2cccc(Cl)c2)N1. The quantitative estimate of drug-likeness (QED) is 0.898. The summed E-state index contributed by atoms with van der Waals surface area (Å²) < 4.78 is 23.6. The molecular weight excluding hydrogens is 258 g/mol. The summed E-state index contributed by atoms with van der Waals surface area (Å²) in [6.07, 6.45) is 0.816. The first-order valence-corrected chi connectivity index (χ1v) is 7.92. The Morgan fingerprint density at radius 1 is 1.41 bits per heavy atom. The first-order valence-electron chi connectivity index (χ1n) is 5.72. The first kappa shape index (κ1) is 12.9. The molecule has 1 saturated heterocycles. The molecule has 1 N–H and O–H groups in total. The molecule has 1 aromatic carbocycles. The van der Waals surface area contributed by atoms with E-state index in [1.54, 1.807) is 6.07 Å². The van der Waals surface area contributed by atoms with Crippen LogP contribution in [0.4, 0.5) is 0 Å². The zero-order valence-corrected chi connectivity index (χ0v) is 11.3. The predicted octanol–water partition coefficient (Wildman–Crippen LogP) is 2.18. The monoisotopic (exact) mass is 273 g/mol. The van der Waals surface area contributed by atoms with Crippen LogP contribution in [0.15, 0.2) is 24.3 Å². The summed E-state index contributed by atoms with van der Waals surface area (Å²) in [6.45, 7) is 1.99. The minimum Gasteiger partial charge on any atom is -0.305 e. The molecule has 2 atom stereocenters. The van der Waals surface area contributed by atoms with Crippen LogP contribution in [0, 0.1) is 0 Å². The average Bonchev–Trinajstić information content (AvgIpc) is 2.27. The van der Waals surface area contributed by atoms with Crippen molar-refractivity contribution >= 4 is 21.4 Å². The molecule has 0 amide bonds. The standard InChI is InChI=1S/C12H16ClNO2S/c1-2-11-7-17(15,16)8-12(14-11)9-4-3-5-10(13)6-9/h3-6,11-12,14H,2,7-8H2,1H3. The van der Waals surface area contributed by atoms with E-state index in [4.69, 9.17) is 11.6 Å². The second-order valence-electron chi connectivity index (χ2n) is 4.46. The van der Waals surface area contributed by atoms with Gasteiger partial charge in [-0.1, -0.05) is 30.7 Å². The molecule has 0 saturated carbocycles. The second-order valence-corrected chi connectivity index (χ2v) is 7.05. The lowest BCUT2D eigenvalue weighted by molar-refractivity contribution is 0.440. The lowest BCUT2D eigenvalue weighted by atomic mass is 10.1. The molecular formula is C12H16ClNO2S. The molecule has 0 radical (unpaired) electrons. The minimum atomic E-state index is -2.96. The van der Waals surface area contributed by atoms with Gasteiger partial charge >= 0.3 is 0 Å². The summed E-state index contributed by atoms with van der Waals surface area (Å²) in [5.74, 6) is 0.393. The van der Waals surface area contributed by atoms with Crippen LogP contribution in [0.25, 0.3) is 0 Å². The Labute approximate surface area is 107 Å². The van der Waals surface area contributed by atoms with Gasteiger partial charge in [0.1, 0.15) is 0 Å². The van der Waals surface area contributed by atoms with Crippen molar-refractivity contribution in [1.29, 1.82) is 0 Å². The third-order valence-electron chi connectivity index (χ3n) is 3.06. The number of sulfone groups is 1. The van der Waals surface area contributed by atoms with Crippen LogP contribution in [0.1, 0.15) is 24.9 Å². The molecule has 94 valence electrons. The molecule has 1 aromatic rings. The van der Waals surface area contributed by atoms with E-state index in [0.29, 0.717) is 5.02 Å². The van der Waals surface area contributed by atoms with E-state index in [2.05, 4.69) is 5.32 Å². The van der Waals surface area contributed by atoms with E-state index < -0.39 is 9.84 Å². The second kappa shape index (κ2) is 4.96. The fraction of sp³-hybridized carbons (Fsp3) is 0.500. The third-order valence-corrected chi connectivity index (χ3v) is 5.04. The van der Waals surface area contributed by atoms with E-state index >= 15 is 0 Å². The lowest BCUT2D eigenvalue weighted by Crippen LogP contribution is -2.46. The molecule has 1 aliphatic heterocycles. The van der Waals surface area contributed by atoms with Crippen LogP contribution in [-0.2, 0) is 9.84 Å². The number of benzene rings is 1. The van der Waals surface area contributed by atoms with Gasteiger partial charge in [0.05, 0.1) is 11.5 Å². The number of hydrogen-bond acceptors (Lipinski definition) is 3. The summed E-state index contributed by atoms with van der Waals surface area (Å²) in [7, 11) is -2.96. The van der Waals surface area contributed by atoms with Crippen molar-refractivity contribution in [2.24, 2.45) is 0 Å². The Kier molecular flexibility index (Phi) is 3.76. The summed E-state index contributed by atoms with van der Waals surface area (Å²) in [4.78, 5) is 0. The van der Waals surface area contributed by atoms with Gasteiger partial charge < -0.3 is 5.32 Å². The van der Waals surface area contributed by atoms with Crippen molar-refractivity contribution < 1.29 is 8.42 Å². The van der Waals surface area contributed by atoms with Crippen LogP contribution in [-0.4, -0.2) is 26.0 Å². The van der Waals surface area contributed by atoms with Gasteiger partial charge in [0.2, 0.25) is 0 Å². The van der Waals surface area contributed by atoms with E-state index in [1.807, 2.05) is 25.1 Å². The maximum Gasteiger partial charge on any atom is 0.153 e. The van der Waals surface area contributed by atoms with Gasteiger partial charge in [0.15, 0.2) is 9.84 Å². The number of nitrogens with one attached hydrogen (secondary N) is 1. The highest BCUT2D eigenvalue weighted by atomic mass is 35.5. The Morgan fingerprint density at radius 2 is 2.18 bits per heavy atom. The van der Waals surface area contributed by atoms with Crippen molar-refractivity contribution in [3.63, 3.8) is 0 Å². The van der Waals surface area contributed by atoms with Crippen LogP contribution >= 0.6 is 11.6 Å². The molecule has 2 rings (SSSR count). The van der Waals surface area contributed by atoms with Gasteiger partial charge in [-0.2, -0.15) is 0 Å². The normalized spacial score (nSPS) is 27.9. The molecule has 0 bridgehead atoms. The van der Waals surface area contributed by atoms with Gasteiger partial charge in [0.25, 0.3) is 0 Å². The summed E-state index contributed by atoms with van der Waals surface area (Å²) in [5.41, 5.74) is 0.944. The highest BCUT2D eigenvalue weighted by Gasteiger charge is 2.30. The van der Waals surface area contributed by atoms with Crippen molar-refractivity contribution in [2.75, 3.05) is 11.5 Å². The number of halogens is 1. The fourth-order valence-corrected chi connectivity index (χ4v) is 4.24. The zero-order valence-electron chi connectivity index (χ0n) is 9.69. The van der Waals surface area contributed by atoms with Gasteiger partial charge in [0, 0.05) is 17.1 Å². The van der Waals surface area contributed by atoms with Crippen LogP contribution in [0.5, 0.6) is 0 Å². The van der Waals surface area contributed by atoms with Crippen LogP contribution in [0.3, 0.4) is 0 Å². The first-order chi connectivity index (χ1) is 8.00. The Bertz CT molecular complexity index is 501. The van der Waals surface area contributed by atoms with Crippen molar-refractivity contribution in [2.45, 2.75) is 25.4 Å². The van der Waals surface area contributed by atoms with E-state index in [1.165, 1.54) is 0 Å². The molecule has 17 heavy (non-hydrogen) atoms. The Hall–Kier alpha value is -0.580. The smallest absolute Gasteiger partial charge is 0.153 e. The van der Waals surface area contributed by atoms with Gasteiger partial charge in [-0.05, 0) is 24.1 Å². The molecule has 5 heteroatoms. The predicted molar refractivity (Wildman–Crippen MR) is 70.1 cm³/mol. The van der Waals surface area contributed by atoms with E-state index in [9.17, 15) is 8.42 Å². The maximum atomic E-state index is 11.8. The molecule has 1 fully saturated rings. The van der Waals surface area contributed by atoms with Crippen LogP contribution < -0.4 is 5.32 Å². The largest absolute Gasteiger partial charge is 0.305 e. The molecule has 0 spiro atoms. The molecule has 1 heterocycles. The highest BCUT2D eigenvalue weighted by molar-refractivity contribution is 7.91. The van der Waals surface area contributed by atoms with Crippen molar-refractivity contribution in [3.8, 4) is 0 Å². The van der Waals surface area contributed by atoms with Crippen LogP contribution in [0.2, 0.25) is 5.02 Å². The van der Waals surface area contributed by atoms with Crippen molar-refractivity contribution in [1.82, 2.24) is 5.32 Å². The zero-order chi connectivity index (χ0) is 12.5. The van der Waals surface area contributed by atoms with Gasteiger partial charge in [-0.15, -0.1) is 0 Å². The summed E-state index contributed by atoms with van der Waals surface area (Å²) in [6, 6.07) is 7.28. The topological polar surface area (TPSA) is 46.2 Å².